The highest BCUT2D eigenvalue weighted by molar-refractivity contribution is 7.19. The average Bonchev–Trinajstić information content (AvgIpc) is 2.95. The second-order valence-corrected chi connectivity index (χ2v) is 8.35. The van der Waals surface area contributed by atoms with E-state index in [4.69, 9.17) is 11.6 Å². The Hall–Kier alpha value is -0.950. The van der Waals surface area contributed by atoms with Crippen LogP contribution in [0, 0.1) is 0 Å². The number of alkyl halides is 2. The molecule has 24 heavy (non-hydrogen) atoms. The molecule has 3 rings (SSSR count). The van der Waals surface area contributed by atoms with Gasteiger partial charge in [-0.1, -0.05) is 42.2 Å². The van der Waals surface area contributed by atoms with Crippen LogP contribution < -0.4 is 5.32 Å². The molecule has 1 heterocycles. The number of nitrogens with zero attached hydrogens (tertiary/aromatic N) is 2. The number of thiazole rings is 1. The van der Waals surface area contributed by atoms with Crippen LogP contribution in [0.3, 0.4) is 0 Å². The minimum Gasteiger partial charge on any atom is -0.319 e. The number of carbonyl (C=O) groups excluding carboxylic acids is 1. The highest BCUT2D eigenvalue weighted by Gasteiger charge is 2.40. The fourth-order valence-electron chi connectivity index (χ4n) is 3.76. The van der Waals surface area contributed by atoms with Crippen molar-refractivity contribution in [1.29, 1.82) is 0 Å². The molecule has 1 aromatic rings. The molecular formula is C16H22ClF2N3OS. The molecule has 1 aromatic heterocycles. The van der Waals surface area contributed by atoms with Crippen LogP contribution in [-0.4, -0.2) is 33.9 Å². The Morgan fingerprint density at radius 3 is 2.42 bits per heavy atom. The molecule has 2 aliphatic rings. The molecule has 1 N–H and O–H groups in total. The molecule has 134 valence electrons. The van der Waals surface area contributed by atoms with Crippen LogP contribution >= 0.6 is 22.9 Å². The molecule has 2 saturated carbocycles. The van der Waals surface area contributed by atoms with E-state index in [1.165, 1.54) is 24.0 Å². The van der Waals surface area contributed by atoms with Crippen molar-refractivity contribution in [3.8, 4) is 0 Å². The summed E-state index contributed by atoms with van der Waals surface area (Å²) in [4.78, 5) is 18.7. The summed E-state index contributed by atoms with van der Waals surface area (Å²) in [6, 6.07) is -0.225. The van der Waals surface area contributed by atoms with Gasteiger partial charge in [0.15, 0.2) is 5.13 Å². The Labute approximate surface area is 149 Å². The van der Waals surface area contributed by atoms with Crippen LogP contribution in [0.4, 0.5) is 18.7 Å². The first-order chi connectivity index (χ1) is 11.4. The Morgan fingerprint density at radius 1 is 1.21 bits per heavy atom. The van der Waals surface area contributed by atoms with E-state index in [9.17, 15) is 13.6 Å². The first-order valence-corrected chi connectivity index (χ1v) is 9.72. The van der Waals surface area contributed by atoms with Gasteiger partial charge in [-0.05, 0) is 25.7 Å². The SMILES string of the molecule is O=C(Nc1ncc(Cl)s1)N(C1CCCCC1)C1CCC(F)(F)CC1. The topological polar surface area (TPSA) is 45.2 Å². The van der Waals surface area contributed by atoms with Crippen molar-refractivity contribution in [2.75, 3.05) is 5.32 Å². The molecule has 0 atom stereocenters. The number of amides is 2. The highest BCUT2D eigenvalue weighted by atomic mass is 35.5. The van der Waals surface area contributed by atoms with Crippen molar-refractivity contribution < 1.29 is 13.6 Å². The third-order valence-electron chi connectivity index (χ3n) is 4.97. The summed E-state index contributed by atoms with van der Waals surface area (Å²) in [5, 5.41) is 3.25. The smallest absolute Gasteiger partial charge is 0.319 e. The number of aromatic nitrogens is 1. The average molecular weight is 378 g/mol. The van der Waals surface area contributed by atoms with Crippen LogP contribution in [0.5, 0.6) is 0 Å². The van der Waals surface area contributed by atoms with Crippen LogP contribution in [0.1, 0.15) is 57.8 Å². The Kier molecular flexibility index (Phi) is 5.59. The van der Waals surface area contributed by atoms with E-state index in [1.807, 2.05) is 4.90 Å². The number of carbonyl (C=O) groups is 1. The summed E-state index contributed by atoms with van der Waals surface area (Å²) in [6.45, 7) is 0. The van der Waals surface area contributed by atoms with Crippen molar-refractivity contribution in [3.63, 3.8) is 0 Å². The fourth-order valence-corrected chi connectivity index (χ4v) is 4.56. The molecule has 2 amide bonds. The van der Waals surface area contributed by atoms with E-state index in [0.29, 0.717) is 22.3 Å². The molecule has 2 aliphatic carbocycles. The molecule has 0 aromatic carbocycles. The number of anilines is 1. The number of nitrogens with one attached hydrogen (secondary N) is 1. The standard InChI is InChI=1S/C16H22ClF2N3OS/c17-13-10-20-14(24-13)21-15(23)22(11-4-2-1-3-5-11)12-6-8-16(18,19)9-7-12/h10-12H,1-9H2,(H,20,21,23). The lowest BCUT2D eigenvalue weighted by Gasteiger charge is -2.42. The molecule has 0 saturated heterocycles. The number of rotatable bonds is 3. The second-order valence-electron chi connectivity index (χ2n) is 6.69. The molecule has 4 nitrogen and oxygen atoms in total. The number of hydrogen-bond donors (Lipinski definition) is 1. The molecular weight excluding hydrogens is 356 g/mol. The van der Waals surface area contributed by atoms with E-state index in [-0.39, 0.29) is 31.0 Å². The van der Waals surface area contributed by atoms with E-state index < -0.39 is 5.92 Å². The van der Waals surface area contributed by atoms with Gasteiger partial charge >= 0.3 is 6.03 Å². The molecule has 0 radical (unpaired) electrons. The number of urea groups is 1. The van der Waals surface area contributed by atoms with E-state index in [1.54, 1.807) is 0 Å². The van der Waals surface area contributed by atoms with Crippen molar-refractivity contribution in [3.05, 3.63) is 10.5 Å². The molecule has 0 unspecified atom stereocenters. The maximum Gasteiger partial charge on any atom is 0.324 e. The maximum absolute atomic E-state index is 13.5. The van der Waals surface area contributed by atoms with Gasteiger partial charge in [0.1, 0.15) is 4.34 Å². The normalized spacial score (nSPS) is 22.3. The highest BCUT2D eigenvalue weighted by Crippen LogP contribution is 2.37. The van der Waals surface area contributed by atoms with Gasteiger partial charge < -0.3 is 4.90 Å². The van der Waals surface area contributed by atoms with Crippen LogP contribution in [0.15, 0.2) is 6.20 Å². The van der Waals surface area contributed by atoms with E-state index in [0.717, 1.165) is 25.7 Å². The second kappa shape index (κ2) is 7.52. The zero-order valence-electron chi connectivity index (χ0n) is 13.4. The summed E-state index contributed by atoms with van der Waals surface area (Å²) in [5.41, 5.74) is 0. The Morgan fingerprint density at radius 2 is 1.83 bits per heavy atom. The van der Waals surface area contributed by atoms with Gasteiger partial charge in [0.25, 0.3) is 0 Å². The first kappa shape index (κ1) is 17.9. The zero-order chi connectivity index (χ0) is 17.2. The van der Waals surface area contributed by atoms with E-state index in [2.05, 4.69) is 10.3 Å². The predicted molar refractivity (Wildman–Crippen MR) is 92.1 cm³/mol. The Bertz CT molecular complexity index is 567. The lowest BCUT2D eigenvalue weighted by atomic mass is 9.87. The van der Waals surface area contributed by atoms with Gasteiger partial charge in [-0.15, -0.1) is 0 Å². The lowest BCUT2D eigenvalue weighted by Crippen LogP contribution is -2.51. The third kappa shape index (κ3) is 4.36. The van der Waals surface area contributed by atoms with Gasteiger partial charge in [-0.2, -0.15) is 0 Å². The van der Waals surface area contributed by atoms with Crippen LogP contribution in [-0.2, 0) is 0 Å². The molecule has 0 spiro atoms. The lowest BCUT2D eigenvalue weighted by molar-refractivity contribution is -0.0534. The first-order valence-electron chi connectivity index (χ1n) is 8.53. The Balaban J connectivity index is 1.72. The number of hydrogen-bond acceptors (Lipinski definition) is 3. The van der Waals surface area contributed by atoms with Crippen molar-refractivity contribution in [2.45, 2.75) is 75.8 Å². The van der Waals surface area contributed by atoms with Crippen LogP contribution in [0.2, 0.25) is 4.34 Å². The van der Waals surface area contributed by atoms with Crippen LogP contribution in [0.25, 0.3) is 0 Å². The largest absolute Gasteiger partial charge is 0.324 e. The molecule has 2 fully saturated rings. The summed E-state index contributed by atoms with van der Waals surface area (Å²) in [5.74, 6) is -2.59. The van der Waals surface area contributed by atoms with Gasteiger partial charge in [-0.3, -0.25) is 5.32 Å². The maximum atomic E-state index is 13.5. The third-order valence-corrected chi connectivity index (χ3v) is 6.00. The fraction of sp³-hybridized carbons (Fsp3) is 0.750. The zero-order valence-corrected chi connectivity index (χ0v) is 15.0. The van der Waals surface area contributed by atoms with Crippen molar-refractivity contribution in [2.24, 2.45) is 0 Å². The van der Waals surface area contributed by atoms with E-state index >= 15 is 0 Å². The molecule has 0 aliphatic heterocycles. The van der Waals surface area contributed by atoms with Crippen molar-refractivity contribution in [1.82, 2.24) is 9.88 Å². The van der Waals surface area contributed by atoms with Gasteiger partial charge in [0, 0.05) is 24.9 Å². The van der Waals surface area contributed by atoms with Crippen molar-refractivity contribution >= 4 is 34.1 Å². The summed E-state index contributed by atoms with van der Waals surface area (Å²) in [7, 11) is 0. The summed E-state index contributed by atoms with van der Waals surface area (Å²) >= 11 is 7.06. The minimum atomic E-state index is -2.59. The summed E-state index contributed by atoms with van der Waals surface area (Å²) in [6.07, 6.45) is 7.16. The number of halogens is 3. The molecule has 0 bridgehead atoms. The van der Waals surface area contributed by atoms with Gasteiger partial charge in [0.05, 0.1) is 6.20 Å². The quantitative estimate of drug-likeness (QED) is 0.751. The molecule has 8 heteroatoms. The van der Waals surface area contributed by atoms with Gasteiger partial charge in [-0.25, -0.2) is 18.6 Å². The van der Waals surface area contributed by atoms with Gasteiger partial charge in [0.2, 0.25) is 5.92 Å². The predicted octanol–water partition coefficient (Wildman–Crippen LogP) is 5.54. The monoisotopic (exact) mass is 377 g/mol. The summed E-state index contributed by atoms with van der Waals surface area (Å²) < 4.78 is 27.5. The minimum absolute atomic E-state index is 0.122.